The third kappa shape index (κ3) is 6.85. The van der Waals surface area contributed by atoms with Crippen LogP contribution in [-0.2, 0) is 0 Å². The van der Waals surface area contributed by atoms with Gasteiger partial charge in [-0.3, -0.25) is 34.8 Å². The second-order valence-corrected chi connectivity index (χ2v) is 7.07. The number of rotatable bonds is 11. The average Bonchev–Trinajstić information content (AvgIpc) is 3.55. The third-order valence-electron chi connectivity index (χ3n) is 4.56. The minimum Gasteiger partial charge on any atom is -0.504 e. The fraction of sp³-hybridized carbons (Fsp3) is 0.0435. The van der Waals surface area contributed by atoms with Gasteiger partial charge in [0.15, 0.2) is 17.3 Å². The van der Waals surface area contributed by atoms with Crippen molar-refractivity contribution >= 4 is 48.0 Å². The Morgan fingerprint density at radius 1 is 0.842 bits per heavy atom. The molecule has 194 valence electrons. The molecule has 0 aliphatic carbocycles. The number of allylic oxidation sites excluding steroid dienone is 2. The molecule has 0 aliphatic heterocycles. The summed E-state index contributed by atoms with van der Waals surface area (Å²) in [6.45, 7) is -0.406. The van der Waals surface area contributed by atoms with Gasteiger partial charge in [0.05, 0.1) is 23.3 Å². The lowest BCUT2D eigenvalue weighted by atomic mass is 10.0. The molecule has 0 aliphatic rings. The molecule has 0 saturated heterocycles. The van der Waals surface area contributed by atoms with Gasteiger partial charge in [0.25, 0.3) is 5.91 Å². The van der Waals surface area contributed by atoms with Crippen molar-refractivity contribution in [2.75, 3.05) is 6.54 Å². The van der Waals surface area contributed by atoms with Crippen LogP contribution in [0.15, 0.2) is 67.5 Å². The van der Waals surface area contributed by atoms with Crippen molar-refractivity contribution in [1.82, 2.24) is 5.43 Å². The molecular weight excluding hydrogens is 506 g/mol. The molecule has 1 aromatic carbocycles. The van der Waals surface area contributed by atoms with Gasteiger partial charge in [0.2, 0.25) is 0 Å². The maximum Gasteiger partial charge on any atom is 0.433 e. The van der Waals surface area contributed by atoms with Crippen molar-refractivity contribution in [3.05, 3.63) is 91.4 Å². The standard InChI is InChI=1S/C23H17N5O10/c29-18(13-24-11-1-3-14-5-9-19(37-14)27(33)34)16-7-8-17(22(31)21(16)30)23(32)26-25-12-2-4-15-6-10-20(38-15)28(35)36/h1-12,30-31H,13H2,(H,26,32)/b3-1+,4-2+,24-11?,25-12+. The Hall–Kier alpha value is -5.86. The number of benzene rings is 1. The van der Waals surface area contributed by atoms with Crippen molar-refractivity contribution in [3.8, 4) is 11.5 Å². The molecule has 0 fully saturated rings. The van der Waals surface area contributed by atoms with Gasteiger partial charge in [-0.05, 0) is 48.6 Å². The Kier molecular flexibility index (Phi) is 8.59. The summed E-state index contributed by atoms with van der Waals surface area (Å²) in [5.74, 6) is -3.69. The Morgan fingerprint density at radius 3 is 1.92 bits per heavy atom. The van der Waals surface area contributed by atoms with Gasteiger partial charge in [0.1, 0.15) is 27.9 Å². The Labute approximate surface area is 212 Å². The minimum atomic E-state index is -0.892. The van der Waals surface area contributed by atoms with E-state index in [1.807, 2.05) is 0 Å². The highest BCUT2D eigenvalue weighted by atomic mass is 16.7. The van der Waals surface area contributed by atoms with Gasteiger partial charge >= 0.3 is 11.8 Å². The zero-order valence-corrected chi connectivity index (χ0v) is 19.1. The Balaban J connectivity index is 1.55. The number of phenols is 2. The molecule has 15 heteroatoms. The maximum atomic E-state index is 12.3. The van der Waals surface area contributed by atoms with Crippen LogP contribution in [0.1, 0.15) is 32.2 Å². The van der Waals surface area contributed by atoms with E-state index in [9.17, 15) is 40.0 Å². The van der Waals surface area contributed by atoms with E-state index >= 15 is 0 Å². The fourth-order valence-electron chi connectivity index (χ4n) is 2.80. The molecule has 15 nitrogen and oxygen atoms in total. The van der Waals surface area contributed by atoms with Gasteiger partial charge < -0.3 is 19.0 Å². The number of hydrazone groups is 1. The highest BCUT2D eigenvalue weighted by Crippen LogP contribution is 2.33. The molecule has 0 bridgehead atoms. The van der Waals surface area contributed by atoms with E-state index in [2.05, 4.69) is 15.5 Å². The number of aromatic hydroxyl groups is 2. The monoisotopic (exact) mass is 523 g/mol. The molecule has 2 heterocycles. The molecular formula is C23H17N5O10. The molecule has 0 atom stereocenters. The highest BCUT2D eigenvalue weighted by molar-refractivity contribution is 6.05. The van der Waals surface area contributed by atoms with Crippen LogP contribution in [0.25, 0.3) is 12.2 Å². The van der Waals surface area contributed by atoms with E-state index in [4.69, 9.17) is 8.83 Å². The SMILES string of the molecule is O=C(CN=C/C=C/c1ccc([N+](=O)[O-])o1)c1ccc(C(=O)N/N=C/C=C/c2ccc([N+](=O)[O-])o2)c(O)c1O. The van der Waals surface area contributed by atoms with E-state index in [0.29, 0.717) is 0 Å². The molecule has 38 heavy (non-hydrogen) atoms. The number of phenolic OH excluding ortho intramolecular Hbond substituents is 2. The zero-order valence-electron chi connectivity index (χ0n) is 19.1. The van der Waals surface area contributed by atoms with Gasteiger partial charge in [-0.15, -0.1) is 0 Å². The number of hydrogen-bond acceptors (Lipinski definition) is 12. The predicted molar refractivity (Wildman–Crippen MR) is 132 cm³/mol. The van der Waals surface area contributed by atoms with E-state index in [-0.39, 0.29) is 22.6 Å². The molecule has 3 rings (SSSR count). The first-order chi connectivity index (χ1) is 18.2. The summed E-state index contributed by atoms with van der Waals surface area (Å²) in [5.41, 5.74) is 1.47. The second-order valence-electron chi connectivity index (χ2n) is 7.07. The molecule has 1 amide bonds. The normalized spacial score (nSPS) is 11.7. The Morgan fingerprint density at radius 2 is 1.37 bits per heavy atom. The van der Waals surface area contributed by atoms with E-state index in [0.717, 1.165) is 18.3 Å². The molecule has 0 unspecified atom stereocenters. The number of nitro groups is 2. The Bertz CT molecular complexity index is 1380. The lowest BCUT2D eigenvalue weighted by Gasteiger charge is -2.08. The number of hydrogen-bond donors (Lipinski definition) is 3. The second kappa shape index (κ2) is 12.2. The van der Waals surface area contributed by atoms with Crippen LogP contribution in [0.4, 0.5) is 11.8 Å². The number of ketones is 1. The van der Waals surface area contributed by atoms with E-state index in [1.165, 1.54) is 54.8 Å². The molecule has 0 radical (unpaired) electrons. The van der Waals surface area contributed by atoms with E-state index in [1.54, 1.807) is 0 Å². The summed E-state index contributed by atoms with van der Waals surface area (Å²) in [7, 11) is 0. The summed E-state index contributed by atoms with van der Waals surface area (Å²) in [5, 5.41) is 45.1. The number of nitrogens with zero attached hydrogens (tertiary/aromatic N) is 4. The van der Waals surface area contributed by atoms with Crippen LogP contribution in [0.3, 0.4) is 0 Å². The van der Waals surface area contributed by atoms with Gasteiger partial charge in [0, 0.05) is 12.4 Å². The minimum absolute atomic E-state index is 0.182. The number of carbonyl (C=O) groups is 2. The quantitative estimate of drug-likeness (QED) is 0.109. The summed E-state index contributed by atoms with van der Waals surface area (Å²) in [4.78, 5) is 48.2. The average molecular weight is 523 g/mol. The van der Waals surface area contributed by atoms with Crippen molar-refractivity contribution in [2.45, 2.75) is 0 Å². The van der Waals surface area contributed by atoms with Crippen LogP contribution in [0.5, 0.6) is 11.5 Å². The van der Waals surface area contributed by atoms with Gasteiger partial charge in [-0.25, -0.2) is 5.43 Å². The number of amides is 1. The summed E-state index contributed by atoms with van der Waals surface area (Å²) in [6, 6.07) is 7.34. The fourth-order valence-corrected chi connectivity index (χ4v) is 2.80. The summed E-state index contributed by atoms with van der Waals surface area (Å²) < 4.78 is 9.83. The number of Topliss-reactive ketones (excluding diaryl/α,β-unsaturated/α-hetero) is 1. The van der Waals surface area contributed by atoms with Crippen LogP contribution in [-0.4, -0.2) is 50.7 Å². The number of aliphatic imine (C=N–C) groups is 1. The third-order valence-corrected chi connectivity index (χ3v) is 4.56. The first-order valence-electron chi connectivity index (χ1n) is 10.4. The largest absolute Gasteiger partial charge is 0.504 e. The number of furan rings is 2. The van der Waals surface area contributed by atoms with Crippen LogP contribution in [0, 0.1) is 20.2 Å². The first-order valence-corrected chi connectivity index (χ1v) is 10.4. The maximum absolute atomic E-state index is 12.3. The molecule has 0 spiro atoms. The lowest BCUT2D eigenvalue weighted by molar-refractivity contribution is -0.402. The van der Waals surface area contributed by atoms with Crippen LogP contribution >= 0.6 is 0 Å². The summed E-state index contributed by atoms with van der Waals surface area (Å²) in [6.07, 6.45) is 7.84. The number of carbonyl (C=O) groups excluding carboxylic acids is 2. The zero-order chi connectivity index (χ0) is 27.7. The van der Waals surface area contributed by atoms with Crippen molar-refractivity contribution in [3.63, 3.8) is 0 Å². The highest BCUT2D eigenvalue weighted by Gasteiger charge is 2.20. The lowest BCUT2D eigenvalue weighted by Crippen LogP contribution is -2.18. The van der Waals surface area contributed by atoms with Crippen molar-refractivity contribution in [2.24, 2.45) is 10.1 Å². The van der Waals surface area contributed by atoms with Crippen molar-refractivity contribution < 1.29 is 38.5 Å². The van der Waals surface area contributed by atoms with E-state index < -0.39 is 51.3 Å². The van der Waals surface area contributed by atoms with Crippen LogP contribution in [0.2, 0.25) is 0 Å². The first kappa shape index (κ1) is 26.7. The van der Waals surface area contributed by atoms with Crippen LogP contribution < -0.4 is 5.43 Å². The molecule has 2 aromatic heterocycles. The van der Waals surface area contributed by atoms with Crippen molar-refractivity contribution in [1.29, 1.82) is 0 Å². The topological polar surface area (TPSA) is 224 Å². The predicted octanol–water partition coefficient (Wildman–Crippen LogP) is 3.50. The molecule has 3 N–H and O–H groups in total. The summed E-state index contributed by atoms with van der Waals surface area (Å²) >= 11 is 0. The molecule has 0 saturated carbocycles. The van der Waals surface area contributed by atoms with Gasteiger partial charge in [-0.1, -0.05) is 0 Å². The molecule has 3 aromatic rings. The van der Waals surface area contributed by atoms with Gasteiger partial charge in [-0.2, -0.15) is 5.10 Å². The number of nitrogens with one attached hydrogen (secondary N) is 1. The smallest absolute Gasteiger partial charge is 0.433 e.